The van der Waals surface area contributed by atoms with Crippen molar-refractivity contribution in [3.8, 4) is 5.75 Å². The molecular weight excluding hydrogens is 390 g/mol. The predicted octanol–water partition coefficient (Wildman–Crippen LogP) is -0.180. The number of quaternary nitrogens is 2. The second-order valence-corrected chi connectivity index (χ2v) is 8.35. The molecule has 0 aromatic heterocycles. The molecule has 4 rings (SSSR count). The molecule has 0 spiro atoms. The van der Waals surface area contributed by atoms with Crippen LogP contribution >= 0.6 is 0 Å². The van der Waals surface area contributed by atoms with Gasteiger partial charge in [0.2, 0.25) is 5.91 Å². The van der Waals surface area contributed by atoms with Crippen molar-refractivity contribution in [2.75, 3.05) is 39.8 Å². The van der Waals surface area contributed by atoms with Crippen molar-refractivity contribution >= 4 is 17.9 Å². The average Bonchev–Trinajstić information content (AvgIpc) is 3.09. The molecule has 2 aliphatic rings. The number of ether oxygens (including phenoxy) is 1. The van der Waals surface area contributed by atoms with Gasteiger partial charge in [-0.3, -0.25) is 14.5 Å². The van der Waals surface area contributed by atoms with Gasteiger partial charge >= 0.3 is 0 Å². The van der Waals surface area contributed by atoms with Gasteiger partial charge in [-0.2, -0.15) is 0 Å². The molecule has 0 unspecified atom stereocenters. The zero-order valence-electron chi connectivity index (χ0n) is 18.0. The Kier molecular flexibility index (Phi) is 6.79. The lowest BCUT2D eigenvalue weighted by Gasteiger charge is -2.31. The fourth-order valence-electron chi connectivity index (χ4n) is 4.48. The van der Waals surface area contributed by atoms with Crippen molar-refractivity contribution < 1.29 is 24.1 Å². The van der Waals surface area contributed by atoms with Crippen molar-refractivity contribution in [3.63, 3.8) is 0 Å². The molecule has 2 aromatic carbocycles. The summed E-state index contributed by atoms with van der Waals surface area (Å²) in [7, 11) is 1.62. The van der Waals surface area contributed by atoms with Gasteiger partial charge in [-0.05, 0) is 29.3 Å². The second-order valence-electron chi connectivity index (χ2n) is 8.35. The Bertz CT molecular complexity index is 919. The number of nitrogens with one attached hydrogen (secondary N) is 2. The number of hydrogen-bond acceptors (Lipinski definition) is 3. The summed E-state index contributed by atoms with van der Waals surface area (Å²) in [5, 5.41) is 0. The lowest BCUT2D eigenvalue weighted by atomic mass is 10.1. The van der Waals surface area contributed by atoms with E-state index in [0.29, 0.717) is 13.0 Å². The molecule has 2 fully saturated rings. The van der Waals surface area contributed by atoms with Crippen LogP contribution < -0.4 is 14.5 Å². The maximum absolute atomic E-state index is 13.0. The minimum Gasteiger partial charge on any atom is -0.497 e. The van der Waals surface area contributed by atoms with Crippen molar-refractivity contribution in [2.24, 2.45) is 0 Å². The third-order valence-corrected chi connectivity index (χ3v) is 6.35. The van der Waals surface area contributed by atoms with E-state index in [2.05, 4.69) is 24.3 Å². The first-order valence-electron chi connectivity index (χ1n) is 11.0. The molecule has 2 saturated heterocycles. The van der Waals surface area contributed by atoms with Crippen LogP contribution in [0.2, 0.25) is 0 Å². The largest absolute Gasteiger partial charge is 0.497 e. The highest BCUT2D eigenvalue weighted by Gasteiger charge is 2.46. The van der Waals surface area contributed by atoms with Gasteiger partial charge in [0.15, 0.2) is 6.04 Å². The lowest BCUT2D eigenvalue weighted by Crippen LogP contribution is -3.30. The molecular formula is C25H31N3O3+2. The van der Waals surface area contributed by atoms with E-state index in [1.54, 1.807) is 7.11 Å². The quantitative estimate of drug-likeness (QED) is 0.610. The summed E-state index contributed by atoms with van der Waals surface area (Å²) in [5.41, 5.74) is 2.16. The maximum Gasteiger partial charge on any atom is 0.288 e. The Morgan fingerprint density at radius 3 is 2.39 bits per heavy atom. The van der Waals surface area contributed by atoms with E-state index < -0.39 is 0 Å². The number of amides is 2. The molecule has 2 N–H and O–H groups in total. The normalized spacial score (nSPS) is 24.2. The van der Waals surface area contributed by atoms with Gasteiger partial charge in [0.25, 0.3) is 5.91 Å². The lowest BCUT2D eigenvalue weighted by molar-refractivity contribution is -1.02. The van der Waals surface area contributed by atoms with E-state index >= 15 is 0 Å². The van der Waals surface area contributed by atoms with Gasteiger partial charge < -0.3 is 14.5 Å². The summed E-state index contributed by atoms with van der Waals surface area (Å²) in [4.78, 5) is 29.8. The minimum absolute atomic E-state index is 0.0248. The number of methoxy groups -OCH3 is 1. The van der Waals surface area contributed by atoms with Crippen molar-refractivity contribution in [1.82, 2.24) is 4.90 Å². The van der Waals surface area contributed by atoms with Crippen LogP contribution in [0.4, 0.5) is 0 Å². The molecule has 0 bridgehead atoms. The molecule has 0 aliphatic carbocycles. The maximum atomic E-state index is 13.0. The first-order valence-corrected chi connectivity index (χ1v) is 11.0. The SMILES string of the molecule is COc1ccc(CN2C(=O)C[C@@H]([NH+]3CC[NH+](C/C=C/c4ccccc4)CC3)C2=O)cc1. The summed E-state index contributed by atoms with van der Waals surface area (Å²) in [6.07, 6.45) is 4.73. The van der Waals surface area contributed by atoms with E-state index in [9.17, 15) is 9.59 Å². The molecule has 1 atom stereocenters. The van der Waals surface area contributed by atoms with Gasteiger partial charge in [-0.1, -0.05) is 48.5 Å². The topological polar surface area (TPSA) is 55.5 Å². The van der Waals surface area contributed by atoms with Crippen LogP contribution in [0.5, 0.6) is 5.75 Å². The standard InChI is InChI=1S/C25H29N3O3/c1-31-22-11-9-21(10-12-22)19-28-24(29)18-23(25(28)30)27-16-14-26(15-17-27)13-5-8-20-6-3-2-4-7-20/h2-12,23H,13-19H2,1H3/p+2/b8-5+/t23-/m1/s1. The third-order valence-electron chi connectivity index (χ3n) is 6.35. The smallest absolute Gasteiger partial charge is 0.288 e. The Hall–Kier alpha value is -2.96. The van der Waals surface area contributed by atoms with E-state index in [1.807, 2.05) is 42.5 Å². The molecule has 0 saturated carbocycles. The van der Waals surface area contributed by atoms with Crippen LogP contribution in [-0.2, 0) is 16.1 Å². The van der Waals surface area contributed by atoms with E-state index in [-0.39, 0.29) is 17.9 Å². The summed E-state index contributed by atoms with van der Waals surface area (Å²) in [5.74, 6) is 0.686. The highest BCUT2D eigenvalue weighted by Crippen LogP contribution is 2.17. The van der Waals surface area contributed by atoms with E-state index in [0.717, 1.165) is 44.0 Å². The number of nitrogens with zero attached hydrogens (tertiary/aromatic N) is 1. The average molecular weight is 422 g/mol. The van der Waals surface area contributed by atoms with Gasteiger partial charge in [0, 0.05) is 0 Å². The van der Waals surface area contributed by atoms with Crippen LogP contribution in [0.3, 0.4) is 0 Å². The number of likely N-dealkylation sites (tertiary alicyclic amines) is 1. The molecule has 2 heterocycles. The van der Waals surface area contributed by atoms with Crippen molar-refractivity contribution in [3.05, 3.63) is 71.8 Å². The van der Waals surface area contributed by atoms with Gasteiger partial charge in [-0.15, -0.1) is 0 Å². The van der Waals surface area contributed by atoms with E-state index in [4.69, 9.17) is 4.74 Å². The summed E-state index contributed by atoms with van der Waals surface area (Å²) >= 11 is 0. The van der Waals surface area contributed by atoms with Crippen LogP contribution in [0, 0.1) is 0 Å². The summed E-state index contributed by atoms with van der Waals surface area (Å²) in [6.45, 7) is 5.22. The van der Waals surface area contributed by atoms with Crippen LogP contribution in [0.25, 0.3) is 6.08 Å². The molecule has 2 amide bonds. The number of rotatable bonds is 7. The van der Waals surface area contributed by atoms with Crippen molar-refractivity contribution in [1.29, 1.82) is 0 Å². The first kappa shape index (κ1) is 21.3. The molecule has 162 valence electrons. The Labute approximate surface area is 183 Å². The van der Waals surface area contributed by atoms with E-state index in [1.165, 1.54) is 20.3 Å². The molecule has 2 aliphatic heterocycles. The zero-order valence-corrected chi connectivity index (χ0v) is 18.0. The first-order chi connectivity index (χ1) is 15.1. The molecule has 2 aromatic rings. The number of imide groups is 1. The number of piperazine rings is 1. The Morgan fingerprint density at radius 1 is 1.00 bits per heavy atom. The Morgan fingerprint density at radius 2 is 1.71 bits per heavy atom. The molecule has 0 radical (unpaired) electrons. The number of carbonyl (C=O) groups excluding carboxylic acids is 2. The summed E-state index contributed by atoms with van der Waals surface area (Å²) in [6, 6.07) is 17.6. The summed E-state index contributed by atoms with van der Waals surface area (Å²) < 4.78 is 5.18. The second kappa shape index (κ2) is 9.90. The van der Waals surface area contributed by atoms with Gasteiger partial charge in [-0.25, -0.2) is 0 Å². The predicted molar refractivity (Wildman–Crippen MR) is 119 cm³/mol. The number of hydrogen-bond donors (Lipinski definition) is 2. The van der Waals surface area contributed by atoms with Crippen LogP contribution in [0.1, 0.15) is 17.5 Å². The van der Waals surface area contributed by atoms with Crippen LogP contribution in [-0.4, -0.2) is 62.6 Å². The Balaban J connectivity index is 1.28. The minimum atomic E-state index is -0.229. The van der Waals surface area contributed by atoms with Crippen molar-refractivity contribution in [2.45, 2.75) is 19.0 Å². The highest BCUT2D eigenvalue weighted by molar-refractivity contribution is 6.04. The fourth-order valence-corrected chi connectivity index (χ4v) is 4.48. The monoisotopic (exact) mass is 421 g/mol. The van der Waals surface area contributed by atoms with Gasteiger partial charge in [0.05, 0.1) is 26.6 Å². The van der Waals surface area contributed by atoms with Crippen LogP contribution in [0.15, 0.2) is 60.7 Å². The zero-order chi connectivity index (χ0) is 21.6. The number of carbonyl (C=O) groups is 2. The number of benzene rings is 2. The fraction of sp³-hybridized carbons (Fsp3) is 0.360. The van der Waals surface area contributed by atoms with Gasteiger partial charge in [0.1, 0.15) is 31.9 Å². The highest BCUT2D eigenvalue weighted by atomic mass is 16.5. The molecule has 31 heavy (non-hydrogen) atoms. The third kappa shape index (κ3) is 5.21. The molecule has 6 nitrogen and oxygen atoms in total. The molecule has 6 heteroatoms.